The van der Waals surface area contributed by atoms with Crippen LogP contribution < -0.4 is 5.73 Å². The molecular weight excluding hydrogens is 246 g/mol. The third kappa shape index (κ3) is 2.78. The monoisotopic (exact) mass is 269 g/mol. The molecule has 2 aromatic rings. The van der Waals surface area contributed by atoms with Gasteiger partial charge in [-0.05, 0) is 45.2 Å². The van der Waals surface area contributed by atoms with Gasteiger partial charge in [0, 0.05) is 17.5 Å². The average molecular weight is 269 g/mol. The number of imidazole rings is 1. The highest BCUT2D eigenvalue weighted by Gasteiger charge is 2.23. The summed E-state index contributed by atoms with van der Waals surface area (Å²) in [6.45, 7) is 4.27. The summed E-state index contributed by atoms with van der Waals surface area (Å²) in [4.78, 5) is 8.11. The molecule has 2 unspecified atom stereocenters. The Kier molecular flexibility index (Phi) is 3.62. The molecule has 3 rings (SSSR count). The van der Waals surface area contributed by atoms with Crippen molar-refractivity contribution in [3.8, 4) is 11.3 Å². The molecule has 1 heterocycles. The summed E-state index contributed by atoms with van der Waals surface area (Å²) in [5, 5.41) is 0. The van der Waals surface area contributed by atoms with E-state index in [4.69, 9.17) is 5.73 Å². The van der Waals surface area contributed by atoms with Crippen molar-refractivity contribution in [3.63, 3.8) is 0 Å². The Labute approximate surface area is 120 Å². The maximum absolute atomic E-state index is 6.08. The topological polar surface area (TPSA) is 54.7 Å². The van der Waals surface area contributed by atoms with Crippen LogP contribution in [0.25, 0.3) is 11.3 Å². The highest BCUT2D eigenvalue weighted by Crippen LogP contribution is 2.31. The van der Waals surface area contributed by atoms with Crippen molar-refractivity contribution in [2.45, 2.75) is 51.5 Å². The van der Waals surface area contributed by atoms with Crippen molar-refractivity contribution in [1.29, 1.82) is 0 Å². The molecule has 2 atom stereocenters. The van der Waals surface area contributed by atoms with E-state index in [1.807, 2.05) is 6.20 Å². The van der Waals surface area contributed by atoms with Crippen molar-refractivity contribution >= 4 is 0 Å². The Hall–Kier alpha value is -1.61. The van der Waals surface area contributed by atoms with Gasteiger partial charge in [-0.3, -0.25) is 0 Å². The molecule has 0 radical (unpaired) electrons. The molecule has 1 aromatic carbocycles. The number of aromatic nitrogens is 2. The highest BCUT2D eigenvalue weighted by molar-refractivity contribution is 5.60. The zero-order chi connectivity index (χ0) is 14.1. The van der Waals surface area contributed by atoms with Crippen LogP contribution in [-0.2, 0) is 0 Å². The molecule has 3 heteroatoms. The number of nitrogens with zero attached hydrogens (tertiary/aromatic N) is 1. The molecule has 3 N–H and O–H groups in total. The minimum Gasteiger partial charge on any atom is -0.342 e. The van der Waals surface area contributed by atoms with Gasteiger partial charge in [0.2, 0.25) is 0 Å². The lowest BCUT2D eigenvalue weighted by Gasteiger charge is -2.24. The number of aromatic amines is 1. The van der Waals surface area contributed by atoms with E-state index in [0.29, 0.717) is 12.0 Å². The fourth-order valence-corrected chi connectivity index (χ4v) is 3.30. The van der Waals surface area contributed by atoms with Crippen molar-refractivity contribution in [2.24, 2.45) is 5.73 Å². The van der Waals surface area contributed by atoms with E-state index in [2.05, 4.69) is 42.0 Å². The van der Waals surface area contributed by atoms with Crippen molar-refractivity contribution in [2.75, 3.05) is 0 Å². The van der Waals surface area contributed by atoms with E-state index in [1.54, 1.807) is 0 Å². The van der Waals surface area contributed by atoms with E-state index in [1.165, 1.54) is 29.5 Å². The summed E-state index contributed by atoms with van der Waals surface area (Å²) in [6, 6.07) is 6.94. The predicted octanol–water partition coefficient (Wildman–Crippen LogP) is 3.68. The lowest BCUT2D eigenvalue weighted by Crippen LogP contribution is -2.27. The van der Waals surface area contributed by atoms with Gasteiger partial charge < -0.3 is 10.7 Å². The third-order valence-corrected chi connectivity index (χ3v) is 4.23. The van der Waals surface area contributed by atoms with Crippen LogP contribution in [0.3, 0.4) is 0 Å². The first-order valence-electron chi connectivity index (χ1n) is 7.51. The molecule has 20 heavy (non-hydrogen) atoms. The number of H-pyrrole nitrogens is 1. The van der Waals surface area contributed by atoms with Crippen LogP contribution in [0.2, 0.25) is 0 Å². The van der Waals surface area contributed by atoms with Gasteiger partial charge in [0.15, 0.2) is 0 Å². The molecule has 3 nitrogen and oxygen atoms in total. The van der Waals surface area contributed by atoms with Crippen LogP contribution in [0.15, 0.2) is 24.4 Å². The van der Waals surface area contributed by atoms with E-state index in [0.717, 1.165) is 24.4 Å². The molecule has 1 fully saturated rings. The third-order valence-electron chi connectivity index (χ3n) is 4.23. The molecule has 1 aromatic heterocycles. The van der Waals surface area contributed by atoms with Gasteiger partial charge in [0.05, 0.1) is 11.9 Å². The molecule has 0 aliphatic heterocycles. The second kappa shape index (κ2) is 5.41. The predicted molar refractivity (Wildman–Crippen MR) is 82.7 cm³/mol. The number of rotatable bonds is 2. The fraction of sp³-hybridized carbons (Fsp3) is 0.471. The Morgan fingerprint density at radius 2 is 1.90 bits per heavy atom. The first-order valence-corrected chi connectivity index (χ1v) is 7.51. The maximum atomic E-state index is 6.08. The van der Waals surface area contributed by atoms with Crippen LogP contribution in [0.5, 0.6) is 0 Å². The van der Waals surface area contributed by atoms with Crippen molar-refractivity contribution < 1.29 is 0 Å². The molecule has 0 spiro atoms. The standard InChI is InChI=1S/C17H23N3/c1-11-6-12(2)8-14(7-11)16-10-19-17(20-16)13-4-3-5-15(18)9-13/h6-8,10,13,15H,3-5,9,18H2,1-2H3,(H,19,20). The Morgan fingerprint density at radius 1 is 1.15 bits per heavy atom. The normalized spacial score (nSPS) is 22.9. The van der Waals surface area contributed by atoms with Gasteiger partial charge in [0.25, 0.3) is 0 Å². The summed E-state index contributed by atoms with van der Waals surface area (Å²) in [6.07, 6.45) is 6.59. The number of nitrogens with two attached hydrogens (primary N) is 1. The first-order chi connectivity index (χ1) is 9.61. The van der Waals surface area contributed by atoms with Gasteiger partial charge in [-0.15, -0.1) is 0 Å². The van der Waals surface area contributed by atoms with E-state index < -0.39 is 0 Å². The number of hydrogen-bond acceptors (Lipinski definition) is 2. The zero-order valence-electron chi connectivity index (χ0n) is 12.3. The molecule has 1 aliphatic rings. The average Bonchev–Trinajstić information content (AvgIpc) is 2.87. The van der Waals surface area contributed by atoms with Crippen LogP contribution in [-0.4, -0.2) is 16.0 Å². The van der Waals surface area contributed by atoms with Gasteiger partial charge in [-0.1, -0.05) is 23.6 Å². The molecular formula is C17H23N3. The van der Waals surface area contributed by atoms with Crippen LogP contribution >= 0.6 is 0 Å². The quantitative estimate of drug-likeness (QED) is 0.873. The number of aryl methyl sites for hydroxylation is 2. The van der Waals surface area contributed by atoms with Crippen molar-refractivity contribution in [3.05, 3.63) is 41.3 Å². The second-order valence-corrected chi connectivity index (χ2v) is 6.18. The number of hydrogen-bond donors (Lipinski definition) is 2. The number of benzene rings is 1. The first kappa shape index (κ1) is 13.4. The second-order valence-electron chi connectivity index (χ2n) is 6.18. The van der Waals surface area contributed by atoms with Crippen LogP contribution in [0.4, 0.5) is 0 Å². The summed E-state index contributed by atoms with van der Waals surface area (Å²) in [5.74, 6) is 1.60. The molecule has 1 aliphatic carbocycles. The van der Waals surface area contributed by atoms with E-state index in [9.17, 15) is 0 Å². The Morgan fingerprint density at radius 3 is 2.60 bits per heavy atom. The summed E-state index contributed by atoms with van der Waals surface area (Å²) in [5.41, 5.74) is 11.0. The smallest absolute Gasteiger partial charge is 0.109 e. The van der Waals surface area contributed by atoms with E-state index in [-0.39, 0.29) is 0 Å². The minimum absolute atomic E-state index is 0.337. The molecule has 1 saturated carbocycles. The highest BCUT2D eigenvalue weighted by atomic mass is 14.9. The van der Waals surface area contributed by atoms with Gasteiger partial charge in [-0.25, -0.2) is 4.98 Å². The largest absolute Gasteiger partial charge is 0.342 e. The van der Waals surface area contributed by atoms with Crippen LogP contribution in [0.1, 0.15) is 48.6 Å². The lowest BCUT2D eigenvalue weighted by atomic mass is 9.86. The summed E-state index contributed by atoms with van der Waals surface area (Å²) in [7, 11) is 0. The molecule has 0 amide bonds. The minimum atomic E-state index is 0.337. The summed E-state index contributed by atoms with van der Waals surface area (Å²) >= 11 is 0. The summed E-state index contributed by atoms with van der Waals surface area (Å²) < 4.78 is 0. The molecule has 0 bridgehead atoms. The fourth-order valence-electron chi connectivity index (χ4n) is 3.30. The van der Waals surface area contributed by atoms with Crippen LogP contribution in [0, 0.1) is 13.8 Å². The molecule has 0 saturated heterocycles. The Bertz CT molecular complexity index is 580. The lowest BCUT2D eigenvalue weighted by molar-refractivity contribution is 0.383. The van der Waals surface area contributed by atoms with Crippen molar-refractivity contribution in [1.82, 2.24) is 9.97 Å². The molecule has 106 valence electrons. The maximum Gasteiger partial charge on any atom is 0.109 e. The zero-order valence-corrected chi connectivity index (χ0v) is 12.3. The van der Waals surface area contributed by atoms with Gasteiger partial charge >= 0.3 is 0 Å². The van der Waals surface area contributed by atoms with Gasteiger partial charge in [-0.2, -0.15) is 0 Å². The van der Waals surface area contributed by atoms with Gasteiger partial charge in [0.1, 0.15) is 5.82 Å². The number of nitrogens with one attached hydrogen (secondary N) is 1. The van der Waals surface area contributed by atoms with E-state index >= 15 is 0 Å². The SMILES string of the molecule is Cc1cc(C)cc(-c2cnc(C3CCCC(N)C3)[nH]2)c1. The Balaban J connectivity index is 1.86.